The third kappa shape index (κ3) is 3.58. The van der Waals surface area contributed by atoms with Crippen LogP contribution in [0.5, 0.6) is 11.5 Å². The molecule has 0 bridgehead atoms. The molecule has 1 amide bonds. The summed E-state index contributed by atoms with van der Waals surface area (Å²) in [5.74, 6) is 1.53. The SMILES string of the molecule is COc1cccc2c1OC[C@@H](C(=O)NCCc1nc3ccc(F)cc3[nH]1)C2. The molecule has 140 valence electrons. The highest BCUT2D eigenvalue weighted by atomic mass is 19.1. The Morgan fingerprint density at radius 2 is 2.30 bits per heavy atom. The van der Waals surface area contributed by atoms with E-state index >= 15 is 0 Å². The summed E-state index contributed by atoms with van der Waals surface area (Å²) in [5.41, 5.74) is 2.34. The van der Waals surface area contributed by atoms with Crippen molar-refractivity contribution in [3.63, 3.8) is 0 Å². The number of ether oxygens (including phenoxy) is 2. The average molecular weight is 369 g/mol. The molecule has 0 saturated carbocycles. The average Bonchev–Trinajstić information content (AvgIpc) is 3.08. The van der Waals surface area contributed by atoms with Gasteiger partial charge in [0, 0.05) is 13.0 Å². The van der Waals surface area contributed by atoms with Crippen molar-refractivity contribution >= 4 is 16.9 Å². The first-order valence-corrected chi connectivity index (χ1v) is 8.84. The first-order valence-electron chi connectivity index (χ1n) is 8.84. The molecule has 1 aromatic heterocycles. The van der Waals surface area contributed by atoms with Gasteiger partial charge in [-0.3, -0.25) is 4.79 Å². The Hall–Kier alpha value is -3.09. The van der Waals surface area contributed by atoms with Crippen molar-refractivity contribution in [2.24, 2.45) is 5.92 Å². The lowest BCUT2D eigenvalue weighted by Gasteiger charge is -2.25. The molecule has 3 aromatic rings. The largest absolute Gasteiger partial charge is 0.493 e. The van der Waals surface area contributed by atoms with Crippen molar-refractivity contribution in [1.82, 2.24) is 15.3 Å². The van der Waals surface area contributed by atoms with E-state index in [2.05, 4.69) is 15.3 Å². The Balaban J connectivity index is 1.34. The fourth-order valence-corrected chi connectivity index (χ4v) is 3.32. The number of fused-ring (bicyclic) bond motifs is 2. The molecule has 1 aliphatic heterocycles. The number of nitrogens with zero attached hydrogens (tertiary/aromatic N) is 1. The maximum atomic E-state index is 13.2. The van der Waals surface area contributed by atoms with Gasteiger partial charge >= 0.3 is 0 Å². The third-order valence-electron chi connectivity index (χ3n) is 4.70. The van der Waals surface area contributed by atoms with Gasteiger partial charge in [0.1, 0.15) is 18.2 Å². The van der Waals surface area contributed by atoms with Gasteiger partial charge in [0.25, 0.3) is 0 Å². The molecule has 4 rings (SSSR count). The van der Waals surface area contributed by atoms with Crippen LogP contribution >= 0.6 is 0 Å². The van der Waals surface area contributed by atoms with Gasteiger partial charge in [-0.1, -0.05) is 12.1 Å². The van der Waals surface area contributed by atoms with Crippen LogP contribution in [-0.2, 0) is 17.6 Å². The van der Waals surface area contributed by atoms with Crippen LogP contribution in [0, 0.1) is 11.7 Å². The molecule has 0 aliphatic carbocycles. The zero-order chi connectivity index (χ0) is 18.8. The number of amides is 1. The molecule has 0 fully saturated rings. The van der Waals surface area contributed by atoms with Crippen LogP contribution in [0.1, 0.15) is 11.4 Å². The fraction of sp³-hybridized carbons (Fsp3) is 0.300. The number of nitrogens with one attached hydrogen (secondary N) is 2. The van der Waals surface area contributed by atoms with Crippen LogP contribution in [0.3, 0.4) is 0 Å². The van der Waals surface area contributed by atoms with Crippen LogP contribution in [0.4, 0.5) is 4.39 Å². The lowest BCUT2D eigenvalue weighted by molar-refractivity contribution is -0.126. The first kappa shape index (κ1) is 17.3. The number of H-pyrrole nitrogens is 1. The molecular formula is C20H20FN3O3. The minimum absolute atomic E-state index is 0.0503. The second-order valence-corrected chi connectivity index (χ2v) is 6.55. The minimum Gasteiger partial charge on any atom is -0.493 e. The maximum Gasteiger partial charge on any atom is 0.226 e. The van der Waals surface area contributed by atoms with Gasteiger partial charge in [0.15, 0.2) is 11.5 Å². The van der Waals surface area contributed by atoms with E-state index in [0.717, 1.165) is 11.3 Å². The molecule has 1 atom stereocenters. The van der Waals surface area contributed by atoms with Crippen molar-refractivity contribution in [3.8, 4) is 11.5 Å². The molecule has 1 aliphatic rings. The normalized spacial score (nSPS) is 15.9. The van der Waals surface area contributed by atoms with E-state index < -0.39 is 0 Å². The molecule has 0 saturated heterocycles. The van der Waals surface area contributed by atoms with Crippen molar-refractivity contribution in [3.05, 3.63) is 53.6 Å². The lowest BCUT2D eigenvalue weighted by Crippen LogP contribution is -2.38. The summed E-state index contributed by atoms with van der Waals surface area (Å²) >= 11 is 0. The van der Waals surface area contributed by atoms with E-state index in [9.17, 15) is 9.18 Å². The second-order valence-electron chi connectivity index (χ2n) is 6.55. The Kier molecular flexibility index (Phi) is 4.66. The summed E-state index contributed by atoms with van der Waals surface area (Å²) in [5, 5.41) is 2.93. The highest BCUT2D eigenvalue weighted by molar-refractivity contribution is 5.80. The third-order valence-corrected chi connectivity index (χ3v) is 4.70. The number of hydrogen-bond acceptors (Lipinski definition) is 4. The van der Waals surface area contributed by atoms with E-state index in [1.807, 2.05) is 18.2 Å². The van der Waals surface area contributed by atoms with Gasteiger partial charge in [0.2, 0.25) is 5.91 Å². The summed E-state index contributed by atoms with van der Waals surface area (Å²) in [4.78, 5) is 19.9. The van der Waals surface area contributed by atoms with Crippen LogP contribution in [0.25, 0.3) is 11.0 Å². The van der Waals surface area contributed by atoms with Crippen molar-refractivity contribution in [1.29, 1.82) is 0 Å². The highest BCUT2D eigenvalue weighted by Gasteiger charge is 2.27. The molecule has 0 spiro atoms. The number of rotatable bonds is 5. The lowest BCUT2D eigenvalue weighted by atomic mass is 9.95. The number of hydrogen-bond donors (Lipinski definition) is 2. The molecule has 6 nitrogen and oxygen atoms in total. The Bertz CT molecular complexity index is 986. The molecule has 0 radical (unpaired) electrons. The van der Waals surface area contributed by atoms with Gasteiger partial charge in [-0.15, -0.1) is 0 Å². The smallest absolute Gasteiger partial charge is 0.226 e. The number of carbonyl (C=O) groups excluding carboxylic acids is 1. The molecule has 7 heteroatoms. The van der Waals surface area contributed by atoms with Crippen LogP contribution in [-0.4, -0.2) is 36.1 Å². The first-order chi connectivity index (χ1) is 13.1. The van der Waals surface area contributed by atoms with E-state index in [4.69, 9.17) is 9.47 Å². The summed E-state index contributed by atoms with van der Waals surface area (Å²) in [6.45, 7) is 0.770. The van der Waals surface area contributed by atoms with Crippen LogP contribution in [0.2, 0.25) is 0 Å². The molecule has 2 aromatic carbocycles. The Morgan fingerprint density at radius 3 is 3.15 bits per heavy atom. The van der Waals surface area contributed by atoms with E-state index in [1.165, 1.54) is 12.1 Å². The Labute approximate surface area is 155 Å². The summed E-state index contributed by atoms with van der Waals surface area (Å²) < 4.78 is 24.3. The minimum atomic E-state index is -0.305. The zero-order valence-corrected chi connectivity index (χ0v) is 14.9. The van der Waals surface area contributed by atoms with Crippen molar-refractivity contribution < 1.29 is 18.7 Å². The topological polar surface area (TPSA) is 76.2 Å². The van der Waals surface area contributed by atoms with Gasteiger partial charge in [0.05, 0.1) is 24.1 Å². The van der Waals surface area contributed by atoms with Crippen LogP contribution in [0.15, 0.2) is 36.4 Å². The number of imidazole rings is 1. The number of methoxy groups -OCH3 is 1. The number of carbonyl (C=O) groups is 1. The van der Waals surface area contributed by atoms with E-state index in [1.54, 1.807) is 13.2 Å². The number of aromatic nitrogens is 2. The Morgan fingerprint density at radius 1 is 1.41 bits per heavy atom. The molecule has 2 heterocycles. The monoisotopic (exact) mass is 369 g/mol. The molecule has 0 unspecified atom stereocenters. The number of aromatic amines is 1. The number of halogens is 1. The predicted molar refractivity (Wildman–Crippen MR) is 98.4 cm³/mol. The fourth-order valence-electron chi connectivity index (χ4n) is 3.32. The molecular weight excluding hydrogens is 349 g/mol. The quantitative estimate of drug-likeness (QED) is 0.725. The van der Waals surface area contributed by atoms with Crippen molar-refractivity contribution in [2.45, 2.75) is 12.8 Å². The van der Waals surface area contributed by atoms with Crippen LogP contribution < -0.4 is 14.8 Å². The van der Waals surface area contributed by atoms with Crippen molar-refractivity contribution in [2.75, 3.05) is 20.3 Å². The van der Waals surface area contributed by atoms with Gasteiger partial charge in [-0.25, -0.2) is 9.37 Å². The number of para-hydroxylation sites is 1. The summed E-state index contributed by atoms with van der Waals surface area (Å²) in [6, 6.07) is 10.1. The van der Waals surface area contributed by atoms with Gasteiger partial charge < -0.3 is 19.8 Å². The molecule has 27 heavy (non-hydrogen) atoms. The zero-order valence-electron chi connectivity index (χ0n) is 14.9. The van der Waals surface area contributed by atoms with Gasteiger partial charge in [-0.2, -0.15) is 0 Å². The standard InChI is InChI=1S/C20H20FN3O3/c1-26-17-4-2-3-12-9-13(11-27-19(12)17)20(25)22-8-7-18-23-15-6-5-14(21)10-16(15)24-18/h2-6,10,13H,7-9,11H2,1H3,(H,22,25)(H,23,24)/t13-/m0/s1. The predicted octanol–water partition coefficient (Wildman–Crippen LogP) is 2.62. The highest BCUT2D eigenvalue weighted by Crippen LogP contribution is 2.36. The summed E-state index contributed by atoms with van der Waals surface area (Å²) in [6.07, 6.45) is 1.16. The second kappa shape index (κ2) is 7.26. The summed E-state index contributed by atoms with van der Waals surface area (Å²) in [7, 11) is 1.60. The number of benzene rings is 2. The molecule has 2 N–H and O–H groups in total. The maximum absolute atomic E-state index is 13.2. The van der Waals surface area contributed by atoms with E-state index in [-0.39, 0.29) is 17.6 Å². The van der Waals surface area contributed by atoms with E-state index in [0.29, 0.717) is 48.6 Å². The van der Waals surface area contributed by atoms with Gasteiger partial charge in [-0.05, 0) is 36.2 Å².